The Morgan fingerprint density at radius 1 is 1.35 bits per heavy atom. The van der Waals surface area contributed by atoms with Crippen molar-refractivity contribution in [1.82, 2.24) is 10.5 Å². The van der Waals surface area contributed by atoms with Gasteiger partial charge in [-0.3, -0.25) is 4.79 Å². The first-order valence-electron chi connectivity index (χ1n) is 4.21. The Kier molecular flexibility index (Phi) is 4.63. The zero-order valence-electron chi connectivity index (χ0n) is 9.41. The molecular formula is C9H13N4O3S+. The van der Waals surface area contributed by atoms with Gasteiger partial charge in [-0.2, -0.15) is 13.7 Å². The van der Waals surface area contributed by atoms with E-state index in [1.807, 2.05) is 0 Å². The Morgan fingerprint density at radius 3 is 2.18 bits per heavy atom. The highest BCUT2D eigenvalue weighted by molar-refractivity contribution is 7.89. The van der Waals surface area contributed by atoms with Gasteiger partial charge in [-0.15, -0.1) is 4.31 Å². The molecule has 0 aliphatic carbocycles. The summed E-state index contributed by atoms with van der Waals surface area (Å²) >= 11 is 0. The minimum atomic E-state index is -4.10. The van der Waals surface area contributed by atoms with Crippen LogP contribution in [-0.4, -0.2) is 18.6 Å². The average Bonchev–Trinajstić information content (AvgIpc) is 2.18. The molecule has 8 heteroatoms. The number of quaternary nitrogens is 1. The lowest BCUT2D eigenvalue weighted by molar-refractivity contribution is -0.122. The van der Waals surface area contributed by atoms with Crippen LogP contribution in [0.5, 0.6) is 0 Å². The minimum absolute atomic E-state index is 0. The molecule has 17 heavy (non-hydrogen) atoms. The summed E-state index contributed by atoms with van der Waals surface area (Å²) < 4.78 is 23.6. The molecule has 0 spiro atoms. The molecule has 0 aliphatic heterocycles. The molecule has 0 saturated heterocycles. The van der Waals surface area contributed by atoms with Crippen LogP contribution in [-0.2, 0) is 14.8 Å². The number of sulfonamides is 1. The minimum Gasteiger partial charge on any atom is -0.399 e. The van der Waals surface area contributed by atoms with E-state index in [2.05, 4.69) is 0 Å². The number of hydrogen-bond acceptors (Lipinski definition) is 5. The van der Waals surface area contributed by atoms with Gasteiger partial charge < -0.3 is 11.9 Å². The largest absolute Gasteiger partial charge is 0.399 e. The number of carbonyl (C=O) groups is 1. The lowest BCUT2D eigenvalue weighted by atomic mass is 10.3. The number of nitrogen functional groups attached to an aromatic ring is 1. The number of amides is 1. The van der Waals surface area contributed by atoms with E-state index in [-0.39, 0.29) is 15.4 Å². The zero-order chi connectivity index (χ0) is 12.3. The molecule has 0 bridgehead atoms. The van der Waals surface area contributed by atoms with Gasteiger partial charge in [0.1, 0.15) is 0 Å². The van der Waals surface area contributed by atoms with Crippen molar-refractivity contribution in [3.05, 3.63) is 24.3 Å². The molecule has 0 aliphatic rings. The Labute approximate surface area is 99.1 Å². The summed E-state index contributed by atoms with van der Waals surface area (Å²) in [6.45, 7) is 0.998. The van der Waals surface area contributed by atoms with Gasteiger partial charge in [-0.1, -0.05) is 0 Å². The van der Waals surface area contributed by atoms with E-state index in [1.165, 1.54) is 30.5 Å². The third-order valence-electron chi connectivity index (χ3n) is 1.80. The van der Waals surface area contributed by atoms with Crippen molar-refractivity contribution in [2.45, 2.75) is 11.8 Å². The van der Waals surface area contributed by atoms with Crippen LogP contribution in [0, 0.1) is 11.5 Å². The number of nitriles is 1. The number of nitrogens with two attached hydrogens (primary N) is 1. The van der Waals surface area contributed by atoms with Crippen molar-refractivity contribution in [2.24, 2.45) is 0 Å². The molecular weight excluding hydrogens is 244 g/mol. The molecule has 0 saturated carbocycles. The average molecular weight is 257 g/mol. The number of carbonyl (C=O) groups excluding carboxylic acids is 1. The molecule has 1 aromatic rings. The summed E-state index contributed by atoms with van der Waals surface area (Å²) in [6.07, 6.45) is 1.32. The van der Waals surface area contributed by atoms with Gasteiger partial charge in [-0.25, -0.2) is 0 Å². The first-order chi connectivity index (χ1) is 7.39. The normalized spacial score (nSPS) is 9.88. The van der Waals surface area contributed by atoms with Crippen LogP contribution in [0.2, 0.25) is 0 Å². The van der Waals surface area contributed by atoms with Crippen molar-refractivity contribution in [1.29, 1.82) is 5.26 Å². The summed E-state index contributed by atoms with van der Waals surface area (Å²) in [6, 6.07) is 5.22. The van der Waals surface area contributed by atoms with E-state index in [0.717, 1.165) is 6.92 Å². The van der Waals surface area contributed by atoms with Crippen LogP contribution in [0.1, 0.15) is 6.92 Å². The second kappa shape index (κ2) is 5.29. The topological polar surface area (TPSA) is 141 Å². The van der Waals surface area contributed by atoms with E-state index in [9.17, 15) is 13.2 Å². The quantitative estimate of drug-likeness (QED) is 0.455. The molecule has 1 aromatic carbocycles. The van der Waals surface area contributed by atoms with Crippen molar-refractivity contribution in [3.63, 3.8) is 0 Å². The second-order valence-electron chi connectivity index (χ2n) is 2.96. The molecule has 0 heterocycles. The standard InChI is InChI=1S/C9H9N3O3S.H3N/c1-7(13)12(6-10)16(14,15)9-4-2-8(11)3-5-9;/h2-5H,11H2,1H3;1H3/p+1. The van der Waals surface area contributed by atoms with Gasteiger partial charge in [0.15, 0.2) is 0 Å². The van der Waals surface area contributed by atoms with Gasteiger partial charge in [0.05, 0.1) is 4.90 Å². The number of hydrogen-bond donors (Lipinski definition) is 2. The summed E-state index contributed by atoms with van der Waals surface area (Å²) in [5.74, 6) is -0.862. The Hall–Kier alpha value is -2.11. The maximum Gasteiger partial charge on any atom is 0.279 e. The highest BCUT2D eigenvalue weighted by atomic mass is 32.2. The molecule has 92 valence electrons. The second-order valence-corrected chi connectivity index (χ2v) is 4.74. The third kappa shape index (κ3) is 2.93. The van der Waals surface area contributed by atoms with E-state index in [4.69, 9.17) is 11.0 Å². The fraction of sp³-hybridized carbons (Fsp3) is 0.111. The van der Waals surface area contributed by atoms with Gasteiger partial charge >= 0.3 is 0 Å². The summed E-state index contributed by atoms with van der Waals surface area (Å²) in [4.78, 5) is 10.8. The first kappa shape index (κ1) is 14.9. The molecule has 1 rings (SSSR count). The molecule has 6 N–H and O–H groups in total. The first-order valence-corrected chi connectivity index (χ1v) is 5.65. The van der Waals surface area contributed by atoms with E-state index >= 15 is 0 Å². The maximum absolute atomic E-state index is 11.8. The van der Waals surface area contributed by atoms with Crippen LogP contribution >= 0.6 is 0 Å². The van der Waals surface area contributed by atoms with E-state index < -0.39 is 15.9 Å². The summed E-state index contributed by atoms with van der Waals surface area (Å²) in [5.41, 5.74) is 5.79. The molecule has 1 amide bonds. The van der Waals surface area contributed by atoms with Gasteiger partial charge in [0.2, 0.25) is 12.1 Å². The SMILES string of the molecule is CC(=O)N(C#N)S(=O)(=O)c1ccc(N)cc1.[NH4+]. The van der Waals surface area contributed by atoms with E-state index in [1.54, 1.807) is 0 Å². The highest BCUT2D eigenvalue weighted by Gasteiger charge is 2.26. The Balaban J connectivity index is 0.00000256. The van der Waals surface area contributed by atoms with Crippen LogP contribution in [0.15, 0.2) is 29.2 Å². The van der Waals surface area contributed by atoms with Crippen molar-refractivity contribution >= 4 is 21.6 Å². The van der Waals surface area contributed by atoms with Crippen molar-refractivity contribution in [3.8, 4) is 6.19 Å². The van der Waals surface area contributed by atoms with Crippen molar-refractivity contribution < 1.29 is 13.2 Å². The number of rotatable bonds is 2. The molecule has 0 aromatic heterocycles. The van der Waals surface area contributed by atoms with Gasteiger partial charge in [0, 0.05) is 12.6 Å². The molecule has 0 radical (unpaired) electrons. The molecule has 7 nitrogen and oxygen atoms in total. The predicted octanol–water partition coefficient (Wildman–Crippen LogP) is 0.663. The lowest BCUT2D eigenvalue weighted by Crippen LogP contribution is -2.30. The van der Waals surface area contributed by atoms with E-state index in [0.29, 0.717) is 5.69 Å². The Bertz CT molecular complexity index is 545. The molecule has 0 atom stereocenters. The Morgan fingerprint density at radius 2 is 1.82 bits per heavy atom. The summed E-state index contributed by atoms with van der Waals surface area (Å²) in [5, 5.41) is 8.60. The van der Waals surface area contributed by atoms with Gasteiger partial charge in [-0.05, 0) is 24.3 Å². The van der Waals surface area contributed by atoms with Crippen LogP contribution in [0.25, 0.3) is 0 Å². The predicted molar refractivity (Wildman–Crippen MR) is 62.2 cm³/mol. The zero-order valence-corrected chi connectivity index (χ0v) is 10.2. The van der Waals surface area contributed by atoms with Crippen LogP contribution < -0.4 is 11.9 Å². The lowest BCUT2D eigenvalue weighted by Gasteiger charge is -2.11. The summed E-state index contributed by atoms with van der Waals surface area (Å²) in [7, 11) is -4.10. The van der Waals surface area contributed by atoms with Gasteiger partial charge in [0.25, 0.3) is 10.0 Å². The number of anilines is 1. The maximum atomic E-state index is 11.8. The number of benzene rings is 1. The van der Waals surface area contributed by atoms with Crippen molar-refractivity contribution in [2.75, 3.05) is 5.73 Å². The molecule has 0 unspecified atom stereocenters. The fourth-order valence-corrected chi connectivity index (χ4v) is 2.18. The monoisotopic (exact) mass is 257 g/mol. The van der Waals surface area contributed by atoms with Crippen LogP contribution in [0.4, 0.5) is 5.69 Å². The fourth-order valence-electron chi connectivity index (χ4n) is 1.04. The van der Waals surface area contributed by atoms with Crippen LogP contribution in [0.3, 0.4) is 0 Å². The number of nitrogens with zero attached hydrogens (tertiary/aromatic N) is 2. The smallest absolute Gasteiger partial charge is 0.279 e. The highest BCUT2D eigenvalue weighted by Crippen LogP contribution is 2.16. The third-order valence-corrected chi connectivity index (χ3v) is 3.48. The molecule has 0 fully saturated rings.